The van der Waals surface area contributed by atoms with Gasteiger partial charge in [0.05, 0.1) is 14.2 Å². The largest absolute Gasteiger partial charge is 0.619 e. The van der Waals surface area contributed by atoms with Gasteiger partial charge in [-0.3, -0.25) is 10.2 Å². The van der Waals surface area contributed by atoms with E-state index in [-0.39, 0.29) is 34.9 Å². The monoisotopic (exact) mass is 741 g/mol. The van der Waals surface area contributed by atoms with Gasteiger partial charge in [0.15, 0.2) is 23.9 Å². The van der Waals surface area contributed by atoms with E-state index in [9.17, 15) is 19.9 Å². The van der Waals surface area contributed by atoms with Crippen molar-refractivity contribution in [1.82, 2.24) is 10.2 Å². The molecule has 0 amide bonds. The second-order valence-corrected chi connectivity index (χ2v) is 14.3. The van der Waals surface area contributed by atoms with Crippen LogP contribution in [0.15, 0.2) is 67.0 Å². The number of carbonyl (C=O) groups is 2. The summed E-state index contributed by atoms with van der Waals surface area (Å²) in [6, 6.07) is 14.3. The van der Waals surface area contributed by atoms with E-state index >= 15 is 0 Å². The third kappa shape index (κ3) is 8.27. The van der Waals surface area contributed by atoms with Gasteiger partial charge in [-0.1, -0.05) is 41.4 Å². The number of phenols is 1. The molecule has 14 heteroatoms. The van der Waals surface area contributed by atoms with Crippen LogP contribution in [0.2, 0.25) is 10.0 Å². The number of phenolic OH excluding ortho intramolecular Hbond substituents is 1. The minimum atomic E-state index is -0.861. The number of pyridine rings is 1. The second-order valence-electron chi connectivity index (χ2n) is 12.3. The zero-order valence-electron chi connectivity index (χ0n) is 27.5. The van der Waals surface area contributed by atoms with Crippen molar-refractivity contribution in [3.8, 4) is 17.2 Å². The predicted molar refractivity (Wildman–Crippen MR) is 188 cm³/mol. The van der Waals surface area contributed by atoms with Gasteiger partial charge in [0.2, 0.25) is 0 Å². The fourth-order valence-electron chi connectivity index (χ4n) is 6.47. The lowest BCUT2D eigenvalue weighted by Gasteiger charge is -2.44. The summed E-state index contributed by atoms with van der Waals surface area (Å²) in [6.07, 6.45) is 3.43. The van der Waals surface area contributed by atoms with Gasteiger partial charge in [-0.15, -0.1) is 11.3 Å². The van der Waals surface area contributed by atoms with Crippen LogP contribution < -0.4 is 19.5 Å². The second kappa shape index (κ2) is 15.9. The summed E-state index contributed by atoms with van der Waals surface area (Å²) >= 11 is 14.0. The molecule has 11 nitrogen and oxygen atoms in total. The summed E-state index contributed by atoms with van der Waals surface area (Å²) in [6.45, 7) is 3.03. The predicted octanol–water partition coefficient (Wildman–Crippen LogP) is 6.02. The summed E-state index contributed by atoms with van der Waals surface area (Å²) in [5, 5.41) is 25.6. The van der Waals surface area contributed by atoms with E-state index in [0.29, 0.717) is 43.7 Å². The molecule has 0 aliphatic carbocycles. The molecule has 3 saturated heterocycles. The maximum absolute atomic E-state index is 13.6. The number of fused-ring (bicyclic) bond motifs is 3. The van der Waals surface area contributed by atoms with Crippen molar-refractivity contribution >= 4 is 46.5 Å². The maximum atomic E-state index is 13.6. The Labute approximate surface area is 303 Å². The summed E-state index contributed by atoms with van der Waals surface area (Å²) in [7, 11) is 3.03. The molecule has 0 saturated carbocycles. The van der Waals surface area contributed by atoms with Crippen LogP contribution >= 0.6 is 34.5 Å². The molecule has 3 aliphatic rings. The molecule has 0 radical (unpaired) electrons. The number of rotatable bonds is 13. The molecule has 5 heterocycles. The van der Waals surface area contributed by atoms with Crippen LogP contribution in [0.25, 0.3) is 0 Å². The normalized spacial score (nSPS) is 19.4. The van der Waals surface area contributed by atoms with Crippen LogP contribution in [0.3, 0.4) is 0 Å². The molecule has 3 atom stereocenters. The van der Waals surface area contributed by atoms with E-state index in [1.54, 1.807) is 54.6 Å². The molecule has 0 spiro atoms. The Hall–Kier alpha value is -4.07. The first-order valence-corrected chi connectivity index (χ1v) is 17.7. The summed E-state index contributed by atoms with van der Waals surface area (Å²) in [5.41, 5.74) is 1.61. The number of nitrogens with zero attached hydrogens (tertiary/aromatic N) is 2. The molecular formula is C36H37Cl2N3O8S. The Morgan fingerprint density at radius 3 is 2.42 bits per heavy atom. The molecule has 1 unspecified atom stereocenters. The molecule has 2 aromatic heterocycles. The lowest BCUT2D eigenvalue weighted by molar-refractivity contribution is -0.605. The topological polar surface area (TPSA) is 134 Å². The number of esters is 2. The maximum Gasteiger partial charge on any atom is 0.348 e. The number of aromatic hydroxyl groups is 1. The third-order valence-electron chi connectivity index (χ3n) is 9.12. The van der Waals surface area contributed by atoms with Gasteiger partial charge in [-0.25, -0.2) is 9.59 Å². The van der Waals surface area contributed by atoms with Gasteiger partial charge in [-0.05, 0) is 79.4 Å². The quantitative estimate of drug-likeness (QED) is 0.0952. The summed E-state index contributed by atoms with van der Waals surface area (Å²) < 4.78 is 23.5. The van der Waals surface area contributed by atoms with Crippen LogP contribution in [0.1, 0.15) is 56.2 Å². The van der Waals surface area contributed by atoms with Gasteiger partial charge < -0.3 is 29.3 Å². The van der Waals surface area contributed by atoms with Crippen LogP contribution in [0.4, 0.5) is 0 Å². The van der Waals surface area contributed by atoms with E-state index in [2.05, 4.69) is 10.2 Å². The average molecular weight is 743 g/mol. The first kappa shape index (κ1) is 35.7. The number of piperidine rings is 3. The highest BCUT2D eigenvalue weighted by Crippen LogP contribution is 2.36. The number of methoxy groups -OCH3 is 2. The Morgan fingerprint density at radius 2 is 1.76 bits per heavy atom. The van der Waals surface area contributed by atoms with Gasteiger partial charge in [0.1, 0.15) is 38.9 Å². The van der Waals surface area contributed by atoms with Crippen molar-refractivity contribution in [3.05, 3.63) is 109 Å². The molecule has 2 N–H and O–H groups in total. The van der Waals surface area contributed by atoms with E-state index in [1.165, 1.54) is 38.0 Å². The number of thiophene rings is 1. The molecule has 50 heavy (non-hydrogen) atoms. The minimum absolute atomic E-state index is 0.0421. The Morgan fingerprint density at radius 1 is 1.02 bits per heavy atom. The van der Waals surface area contributed by atoms with Crippen LogP contribution in [0.5, 0.6) is 17.2 Å². The Balaban J connectivity index is 1.18. The van der Waals surface area contributed by atoms with Gasteiger partial charge in [0.25, 0.3) is 0 Å². The van der Waals surface area contributed by atoms with Crippen molar-refractivity contribution < 1.29 is 38.4 Å². The standard InChI is InChI=1S/C36H37Cl2N3O8S/c1-46-29-8-6-22(15-31(29)47-2)30(16-26-27(37)18-41(45)19-28(26)38)48-35(43)33-9-7-25(50-33)17-39-34(23-4-3-5-24(42)14-23)36(44)49-32-20-40-12-10-21(32)11-13-40/h3-9,14-15,18-19,21,30,32,34,39,42H,10-13,16-17,20H2,1-2H3/t30-,32-,34?/m0/s1. The fraction of sp³-hybridized carbons (Fsp3) is 0.361. The number of carbonyl (C=O) groups excluding carboxylic acids is 2. The number of ether oxygens (including phenoxy) is 4. The number of aromatic nitrogens is 1. The average Bonchev–Trinajstić information content (AvgIpc) is 3.59. The van der Waals surface area contributed by atoms with Crippen LogP contribution in [0, 0.1) is 11.1 Å². The highest BCUT2D eigenvalue weighted by atomic mass is 35.5. The molecule has 3 fully saturated rings. The molecule has 264 valence electrons. The summed E-state index contributed by atoms with van der Waals surface area (Å²) in [4.78, 5) is 30.6. The van der Waals surface area contributed by atoms with Crippen molar-refractivity contribution in [2.24, 2.45) is 5.92 Å². The van der Waals surface area contributed by atoms with Crippen LogP contribution in [-0.2, 0) is 27.2 Å². The van der Waals surface area contributed by atoms with E-state index in [0.717, 1.165) is 37.4 Å². The van der Waals surface area contributed by atoms with Crippen LogP contribution in [-0.4, -0.2) is 61.9 Å². The smallest absolute Gasteiger partial charge is 0.348 e. The first-order valence-electron chi connectivity index (χ1n) is 16.1. The van der Waals surface area contributed by atoms with E-state index < -0.39 is 24.1 Å². The minimum Gasteiger partial charge on any atom is -0.619 e. The third-order valence-corrected chi connectivity index (χ3v) is 10.8. The first-order chi connectivity index (χ1) is 24.1. The lowest BCUT2D eigenvalue weighted by Crippen LogP contribution is -2.52. The molecule has 4 aromatic rings. The zero-order chi connectivity index (χ0) is 35.4. The Bertz CT molecular complexity index is 1820. The molecular weight excluding hydrogens is 705 g/mol. The van der Waals surface area contributed by atoms with Gasteiger partial charge in [-0.2, -0.15) is 4.73 Å². The van der Waals surface area contributed by atoms with Crippen molar-refractivity contribution in [2.45, 2.75) is 44.1 Å². The van der Waals surface area contributed by atoms with Crippen molar-refractivity contribution in [2.75, 3.05) is 33.9 Å². The summed E-state index contributed by atoms with van der Waals surface area (Å²) in [5.74, 6) is 0.321. The van der Waals surface area contributed by atoms with Crippen molar-refractivity contribution in [1.29, 1.82) is 0 Å². The highest BCUT2D eigenvalue weighted by molar-refractivity contribution is 7.13. The van der Waals surface area contributed by atoms with E-state index in [1.807, 2.05) is 0 Å². The van der Waals surface area contributed by atoms with Gasteiger partial charge in [0, 0.05) is 30.0 Å². The van der Waals surface area contributed by atoms with E-state index in [4.69, 9.17) is 42.1 Å². The molecule has 3 aliphatic heterocycles. The van der Waals surface area contributed by atoms with Gasteiger partial charge >= 0.3 is 11.9 Å². The number of nitrogens with one attached hydrogen (secondary N) is 1. The number of halogens is 2. The molecule has 2 aromatic carbocycles. The number of hydrogen-bond donors (Lipinski definition) is 2. The SMILES string of the molecule is COc1ccc([C@H](Cc2c(Cl)c[n+]([O-])cc2Cl)OC(=O)c2ccc(CNC(C(=O)O[C@H]3CN4CCC3CC4)c3cccc(O)c3)s2)cc1OC. The highest BCUT2D eigenvalue weighted by Gasteiger charge is 2.38. The van der Waals surface area contributed by atoms with Crippen molar-refractivity contribution in [3.63, 3.8) is 0 Å². The fourth-order valence-corrected chi connectivity index (χ4v) is 7.91. The number of hydrogen-bond acceptors (Lipinski definition) is 11. The molecule has 7 rings (SSSR count). The Kier molecular flexibility index (Phi) is 11.3. The molecule has 2 bridgehead atoms. The zero-order valence-corrected chi connectivity index (χ0v) is 29.8. The lowest BCUT2D eigenvalue weighted by atomic mass is 9.86. The number of benzene rings is 2.